The molecule has 164 valence electrons. The lowest BCUT2D eigenvalue weighted by Gasteiger charge is -2.15. The highest BCUT2D eigenvalue weighted by molar-refractivity contribution is 5.97. The van der Waals surface area contributed by atoms with E-state index in [0.717, 1.165) is 22.7 Å². The highest BCUT2D eigenvalue weighted by Gasteiger charge is 2.18. The molecule has 0 spiro atoms. The third-order valence-electron chi connectivity index (χ3n) is 5.15. The van der Waals surface area contributed by atoms with E-state index < -0.39 is 0 Å². The highest BCUT2D eigenvalue weighted by atomic mass is 16.5. The van der Waals surface area contributed by atoms with Gasteiger partial charge in [-0.1, -0.05) is 6.07 Å². The Bertz CT molecular complexity index is 1240. The number of aromatic nitrogens is 3. The zero-order valence-electron chi connectivity index (χ0n) is 18.4. The Morgan fingerprint density at radius 1 is 1.00 bits per heavy atom. The standard InChI is InChI=1S/C24H24N4O4/c1-15-27-19-11-16(24(29)26-14-17-7-5-6-10-25-17)8-9-20(19)28(15)18-12-21(30-2)23(32-4)22(13-18)31-3/h5-13H,14H2,1-4H3,(H,26,29). The lowest BCUT2D eigenvalue weighted by atomic mass is 10.1. The summed E-state index contributed by atoms with van der Waals surface area (Å²) in [6.45, 7) is 2.26. The molecule has 0 aliphatic rings. The number of ether oxygens (including phenoxy) is 3. The summed E-state index contributed by atoms with van der Waals surface area (Å²) in [5.41, 5.74) is 3.71. The van der Waals surface area contributed by atoms with Crippen molar-refractivity contribution in [3.8, 4) is 22.9 Å². The second kappa shape index (κ2) is 8.97. The number of nitrogens with zero attached hydrogens (tertiary/aromatic N) is 3. The molecule has 4 aromatic rings. The van der Waals surface area contributed by atoms with Gasteiger partial charge in [-0.15, -0.1) is 0 Å². The zero-order valence-corrected chi connectivity index (χ0v) is 18.4. The van der Waals surface area contributed by atoms with Crippen LogP contribution < -0.4 is 19.5 Å². The van der Waals surface area contributed by atoms with Crippen LogP contribution in [-0.2, 0) is 6.54 Å². The number of pyridine rings is 1. The van der Waals surface area contributed by atoms with Crippen LogP contribution in [0.25, 0.3) is 16.7 Å². The molecule has 4 rings (SSSR count). The van der Waals surface area contributed by atoms with Gasteiger partial charge in [-0.2, -0.15) is 0 Å². The number of nitrogens with one attached hydrogen (secondary N) is 1. The molecule has 2 heterocycles. The van der Waals surface area contributed by atoms with E-state index in [1.165, 1.54) is 0 Å². The molecule has 0 aliphatic carbocycles. The fraction of sp³-hybridized carbons (Fsp3) is 0.208. The lowest BCUT2D eigenvalue weighted by molar-refractivity contribution is 0.0950. The number of hydrogen-bond acceptors (Lipinski definition) is 6. The van der Waals surface area contributed by atoms with Crippen molar-refractivity contribution in [2.75, 3.05) is 21.3 Å². The van der Waals surface area contributed by atoms with Crippen LogP contribution in [0.15, 0.2) is 54.7 Å². The molecule has 32 heavy (non-hydrogen) atoms. The van der Waals surface area contributed by atoms with Crippen LogP contribution >= 0.6 is 0 Å². The minimum absolute atomic E-state index is 0.183. The fourth-order valence-electron chi connectivity index (χ4n) is 3.64. The molecule has 0 atom stereocenters. The first-order valence-electron chi connectivity index (χ1n) is 10.0. The van der Waals surface area contributed by atoms with E-state index in [-0.39, 0.29) is 5.91 Å². The van der Waals surface area contributed by atoms with Crippen LogP contribution in [0, 0.1) is 6.92 Å². The van der Waals surface area contributed by atoms with E-state index >= 15 is 0 Å². The summed E-state index contributed by atoms with van der Waals surface area (Å²) in [5, 5.41) is 2.89. The molecule has 2 aromatic heterocycles. The average molecular weight is 432 g/mol. The molecule has 0 saturated heterocycles. The van der Waals surface area contributed by atoms with Gasteiger partial charge < -0.3 is 19.5 Å². The SMILES string of the molecule is COc1cc(-n2c(C)nc3cc(C(=O)NCc4ccccn4)ccc32)cc(OC)c1OC. The van der Waals surface area contributed by atoms with Gasteiger partial charge in [-0.3, -0.25) is 14.3 Å². The Balaban J connectivity index is 1.68. The second-order valence-corrected chi connectivity index (χ2v) is 7.09. The Morgan fingerprint density at radius 3 is 2.38 bits per heavy atom. The number of fused-ring (bicyclic) bond motifs is 1. The summed E-state index contributed by atoms with van der Waals surface area (Å²) < 4.78 is 18.4. The van der Waals surface area contributed by atoms with Crippen LogP contribution in [0.3, 0.4) is 0 Å². The molecule has 0 unspecified atom stereocenters. The Hall–Kier alpha value is -4.07. The number of hydrogen-bond donors (Lipinski definition) is 1. The number of methoxy groups -OCH3 is 3. The van der Waals surface area contributed by atoms with Crippen LogP contribution in [0.5, 0.6) is 17.2 Å². The number of aryl methyl sites for hydroxylation is 1. The maximum absolute atomic E-state index is 12.6. The van der Waals surface area contributed by atoms with Gasteiger partial charge in [-0.05, 0) is 37.3 Å². The molecular formula is C24H24N4O4. The van der Waals surface area contributed by atoms with Crippen molar-refractivity contribution in [1.82, 2.24) is 19.9 Å². The van der Waals surface area contributed by atoms with E-state index in [1.807, 2.05) is 47.9 Å². The fourth-order valence-corrected chi connectivity index (χ4v) is 3.64. The van der Waals surface area contributed by atoms with Crippen molar-refractivity contribution in [1.29, 1.82) is 0 Å². The number of carbonyl (C=O) groups excluding carboxylic acids is 1. The molecule has 2 aromatic carbocycles. The predicted molar refractivity (Wildman–Crippen MR) is 121 cm³/mol. The quantitative estimate of drug-likeness (QED) is 0.479. The van der Waals surface area contributed by atoms with E-state index in [2.05, 4.69) is 15.3 Å². The minimum Gasteiger partial charge on any atom is -0.493 e. The minimum atomic E-state index is -0.183. The van der Waals surface area contributed by atoms with Crippen LogP contribution in [0.4, 0.5) is 0 Å². The molecule has 0 saturated carbocycles. The maximum atomic E-state index is 12.6. The first kappa shape index (κ1) is 21.2. The first-order chi connectivity index (χ1) is 15.5. The summed E-state index contributed by atoms with van der Waals surface area (Å²) in [7, 11) is 4.73. The Morgan fingerprint density at radius 2 is 1.75 bits per heavy atom. The molecule has 1 amide bonds. The van der Waals surface area contributed by atoms with Gasteiger partial charge in [0.05, 0.1) is 50.3 Å². The molecular weight excluding hydrogens is 408 g/mol. The van der Waals surface area contributed by atoms with Gasteiger partial charge >= 0.3 is 0 Å². The number of benzene rings is 2. The van der Waals surface area contributed by atoms with E-state index in [9.17, 15) is 4.79 Å². The number of amides is 1. The Labute approximate surface area is 185 Å². The van der Waals surface area contributed by atoms with E-state index in [4.69, 9.17) is 14.2 Å². The van der Waals surface area contributed by atoms with Crippen molar-refractivity contribution < 1.29 is 19.0 Å². The monoisotopic (exact) mass is 432 g/mol. The number of imidazole rings is 1. The maximum Gasteiger partial charge on any atom is 0.251 e. The molecule has 0 radical (unpaired) electrons. The lowest BCUT2D eigenvalue weighted by Crippen LogP contribution is -2.23. The molecule has 8 heteroatoms. The normalized spacial score (nSPS) is 10.8. The van der Waals surface area contributed by atoms with Crippen molar-refractivity contribution in [2.24, 2.45) is 0 Å². The van der Waals surface area contributed by atoms with Gasteiger partial charge in [0.2, 0.25) is 5.75 Å². The predicted octanol–water partition coefficient (Wildman–Crippen LogP) is 3.68. The molecule has 8 nitrogen and oxygen atoms in total. The third-order valence-corrected chi connectivity index (χ3v) is 5.15. The largest absolute Gasteiger partial charge is 0.493 e. The Kier molecular flexibility index (Phi) is 5.93. The molecule has 0 aliphatic heterocycles. The van der Waals surface area contributed by atoms with Gasteiger partial charge in [-0.25, -0.2) is 4.98 Å². The first-order valence-corrected chi connectivity index (χ1v) is 10.0. The van der Waals surface area contributed by atoms with E-state index in [0.29, 0.717) is 34.9 Å². The summed E-state index contributed by atoms with van der Waals surface area (Å²) in [6.07, 6.45) is 1.70. The van der Waals surface area contributed by atoms with Gasteiger partial charge in [0.1, 0.15) is 5.82 Å². The smallest absolute Gasteiger partial charge is 0.251 e. The van der Waals surface area contributed by atoms with Gasteiger partial charge in [0.15, 0.2) is 11.5 Å². The van der Waals surface area contributed by atoms with Crippen LogP contribution in [0.1, 0.15) is 21.9 Å². The highest BCUT2D eigenvalue weighted by Crippen LogP contribution is 2.40. The van der Waals surface area contributed by atoms with E-state index in [1.54, 1.807) is 39.7 Å². The summed E-state index contributed by atoms with van der Waals surface area (Å²) in [5.74, 6) is 2.20. The van der Waals surface area contributed by atoms with Gasteiger partial charge in [0.25, 0.3) is 5.91 Å². The molecule has 1 N–H and O–H groups in total. The third kappa shape index (κ3) is 3.94. The average Bonchev–Trinajstić information content (AvgIpc) is 3.16. The molecule has 0 bridgehead atoms. The molecule has 0 fully saturated rings. The number of rotatable bonds is 7. The van der Waals surface area contributed by atoms with Crippen LogP contribution in [0.2, 0.25) is 0 Å². The topological polar surface area (TPSA) is 87.5 Å². The summed E-state index contributed by atoms with van der Waals surface area (Å²) >= 11 is 0. The number of carbonyl (C=O) groups is 1. The van der Waals surface area contributed by atoms with Gasteiger partial charge in [0, 0.05) is 23.9 Å². The van der Waals surface area contributed by atoms with Crippen molar-refractivity contribution in [3.05, 3.63) is 71.8 Å². The van der Waals surface area contributed by atoms with Crippen LogP contribution in [-0.4, -0.2) is 41.8 Å². The summed E-state index contributed by atoms with van der Waals surface area (Å²) in [6, 6.07) is 14.8. The van der Waals surface area contributed by atoms with Crippen molar-refractivity contribution in [2.45, 2.75) is 13.5 Å². The second-order valence-electron chi connectivity index (χ2n) is 7.09. The zero-order chi connectivity index (χ0) is 22.7. The van der Waals surface area contributed by atoms with Crippen molar-refractivity contribution in [3.63, 3.8) is 0 Å². The summed E-state index contributed by atoms with van der Waals surface area (Å²) in [4.78, 5) is 21.5. The van der Waals surface area contributed by atoms with Crippen molar-refractivity contribution >= 4 is 16.9 Å².